The number of piperazine rings is 1. The van der Waals surface area contributed by atoms with E-state index < -0.39 is 0 Å². The van der Waals surface area contributed by atoms with Gasteiger partial charge in [0.05, 0.1) is 29.7 Å². The zero-order valence-corrected chi connectivity index (χ0v) is 21.5. The molecule has 1 fully saturated rings. The second-order valence-corrected chi connectivity index (χ2v) is 8.99. The average molecular weight is 525 g/mol. The first-order chi connectivity index (χ1) is 17.9. The maximum Gasteiger partial charge on any atom is 0.292 e. The third kappa shape index (κ3) is 6.06. The standard InChI is InChI=1S/C27H29ClN4O5/c1-36-25-10-7-19(17-26(25)37-2)11-12-29-23-18-20(8-9-24(23)32(34)35)30-13-15-31(16-14-30)27(33)21-5-3-4-6-22(21)28/h3-10,17-18,29H,11-16H2,1-2H3. The second kappa shape index (κ2) is 11.8. The van der Waals surface area contributed by atoms with Crippen molar-refractivity contribution in [2.75, 3.05) is 57.2 Å². The van der Waals surface area contributed by atoms with Crippen LogP contribution in [0.5, 0.6) is 11.5 Å². The zero-order chi connectivity index (χ0) is 26.4. The van der Waals surface area contributed by atoms with Gasteiger partial charge in [0.15, 0.2) is 11.5 Å². The fourth-order valence-electron chi connectivity index (χ4n) is 4.37. The monoisotopic (exact) mass is 524 g/mol. The van der Waals surface area contributed by atoms with Gasteiger partial charge in [0.25, 0.3) is 11.6 Å². The lowest BCUT2D eigenvalue weighted by atomic mass is 10.1. The minimum Gasteiger partial charge on any atom is -0.493 e. The highest BCUT2D eigenvalue weighted by Gasteiger charge is 2.25. The van der Waals surface area contributed by atoms with Crippen LogP contribution in [0.3, 0.4) is 0 Å². The number of carbonyl (C=O) groups is 1. The van der Waals surface area contributed by atoms with E-state index in [1.807, 2.05) is 18.2 Å². The smallest absolute Gasteiger partial charge is 0.292 e. The topological polar surface area (TPSA) is 97.2 Å². The third-order valence-corrected chi connectivity index (χ3v) is 6.72. The summed E-state index contributed by atoms with van der Waals surface area (Å²) >= 11 is 6.20. The second-order valence-electron chi connectivity index (χ2n) is 8.58. The summed E-state index contributed by atoms with van der Waals surface area (Å²) in [5.74, 6) is 1.20. The molecule has 1 amide bonds. The summed E-state index contributed by atoms with van der Waals surface area (Å²) < 4.78 is 10.6. The van der Waals surface area contributed by atoms with E-state index in [2.05, 4.69) is 10.2 Å². The molecule has 0 aromatic heterocycles. The van der Waals surface area contributed by atoms with Crippen molar-refractivity contribution < 1.29 is 19.2 Å². The number of benzene rings is 3. The molecule has 0 spiro atoms. The van der Waals surface area contributed by atoms with Crippen LogP contribution < -0.4 is 19.7 Å². The lowest BCUT2D eigenvalue weighted by molar-refractivity contribution is -0.383. The molecule has 1 N–H and O–H groups in total. The van der Waals surface area contributed by atoms with Gasteiger partial charge in [0.1, 0.15) is 5.69 Å². The van der Waals surface area contributed by atoms with Crippen LogP contribution in [0.25, 0.3) is 0 Å². The SMILES string of the molecule is COc1ccc(CCNc2cc(N3CCN(C(=O)c4ccccc4Cl)CC3)ccc2[N+](=O)[O-])cc1OC. The van der Waals surface area contributed by atoms with Crippen molar-refractivity contribution in [3.05, 3.63) is 86.9 Å². The number of amides is 1. The molecular weight excluding hydrogens is 496 g/mol. The molecule has 4 rings (SSSR count). The highest BCUT2D eigenvalue weighted by atomic mass is 35.5. The lowest BCUT2D eigenvalue weighted by Gasteiger charge is -2.36. The molecule has 0 aliphatic carbocycles. The number of halogens is 1. The molecule has 1 heterocycles. The van der Waals surface area contributed by atoms with Gasteiger partial charge in [-0.1, -0.05) is 29.8 Å². The molecule has 3 aromatic carbocycles. The largest absolute Gasteiger partial charge is 0.493 e. The quantitative estimate of drug-likeness (QED) is 0.314. The van der Waals surface area contributed by atoms with Crippen LogP contribution in [0.4, 0.5) is 17.1 Å². The van der Waals surface area contributed by atoms with Crippen molar-refractivity contribution in [3.63, 3.8) is 0 Å². The van der Waals surface area contributed by atoms with Gasteiger partial charge in [-0.3, -0.25) is 14.9 Å². The molecule has 0 unspecified atom stereocenters. The van der Waals surface area contributed by atoms with Gasteiger partial charge in [-0.05, 0) is 48.4 Å². The first kappa shape index (κ1) is 26.1. The first-order valence-corrected chi connectivity index (χ1v) is 12.3. The van der Waals surface area contributed by atoms with E-state index in [1.54, 1.807) is 55.5 Å². The van der Waals surface area contributed by atoms with Crippen LogP contribution in [-0.2, 0) is 6.42 Å². The minimum absolute atomic E-state index is 0.0172. The summed E-state index contributed by atoms with van der Waals surface area (Å²) in [5.41, 5.74) is 2.85. The molecule has 1 aliphatic rings. The first-order valence-electron chi connectivity index (χ1n) is 11.9. The van der Waals surface area contributed by atoms with Crippen LogP contribution in [0.2, 0.25) is 5.02 Å². The van der Waals surface area contributed by atoms with Crippen molar-refractivity contribution in [2.45, 2.75) is 6.42 Å². The summed E-state index contributed by atoms with van der Waals surface area (Å²) in [6.45, 7) is 2.78. The molecule has 9 nitrogen and oxygen atoms in total. The van der Waals surface area contributed by atoms with Crippen LogP contribution >= 0.6 is 11.6 Å². The number of ether oxygens (including phenoxy) is 2. The van der Waals surface area contributed by atoms with Crippen molar-refractivity contribution in [1.82, 2.24) is 4.90 Å². The number of rotatable bonds is 9. The zero-order valence-electron chi connectivity index (χ0n) is 20.8. The maximum atomic E-state index is 12.9. The minimum atomic E-state index is -0.386. The maximum absolute atomic E-state index is 12.9. The van der Waals surface area contributed by atoms with Crippen LogP contribution in [0.15, 0.2) is 60.7 Å². The molecule has 1 saturated heterocycles. The Kier molecular flexibility index (Phi) is 8.35. The number of anilines is 2. The van der Waals surface area contributed by atoms with Crippen molar-refractivity contribution in [1.29, 1.82) is 0 Å². The molecule has 0 atom stereocenters. The molecule has 10 heteroatoms. The summed E-state index contributed by atoms with van der Waals surface area (Å²) in [6, 6.07) is 17.8. The Hall–Kier alpha value is -3.98. The normalized spacial score (nSPS) is 13.3. The fraction of sp³-hybridized carbons (Fsp3) is 0.296. The Morgan fingerprint density at radius 3 is 2.41 bits per heavy atom. The molecule has 194 valence electrons. The van der Waals surface area contributed by atoms with Crippen molar-refractivity contribution in [3.8, 4) is 11.5 Å². The van der Waals surface area contributed by atoms with Gasteiger partial charge in [-0.15, -0.1) is 0 Å². The van der Waals surface area contributed by atoms with Crippen LogP contribution in [0, 0.1) is 10.1 Å². The van der Waals surface area contributed by atoms with Crippen LogP contribution in [0.1, 0.15) is 15.9 Å². The van der Waals surface area contributed by atoms with E-state index >= 15 is 0 Å². The summed E-state index contributed by atoms with van der Waals surface area (Å²) in [7, 11) is 3.17. The number of methoxy groups -OCH3 is 2. The molecule has 3 aromatic rings. The molecule has 1 aliphatic heterocycles. The highest BCUT2D eigenvalue weighted by Crippen LogP contribution is 2.31. The van der Waals surface area contributed by atoms with Gasteiger partial charge in [0, 0.05) is 44.5 Å². The van der Waals surface area contributed by atoms with Gasteiger partial charge in [-0.2, -0.15) is 0 Å². The molecule has 0 bridgehead atoms. The molecule has 37 heavy (non-hydrogen) atoms. The molecule has 0 radical (unpaired) electrons. The van der Waals surface area contributed by atoms with Crippen molar-refractivity contribution >= 4 is 34.6 Å². The Labute approximate surface area is 220 Å². The number of nitrogens with zero attached hydrogens (tertiary/aromatic N) is 3. The Morgan fingerprint density at radius 1 is 1.00 bits per heavy atom. The van der Waals surface area contributed by atoms with Gasteiger partial charge >= 0.3 is 0 Å². The Bertz CT molecular complexity index is 1280. The van der Waals surface area contributed by atoms with Gasteiger partial charge in [-0.25, -0.2) is 0 Å². The fourth-order valence-corrected chi connectivity index (χ4v) is 4.59. The van der Waals surface area contributed by atoms with E-state index in [1.165, 1.54) is 6.07 Å². The van der Waals surface area contributed by atoms with E-state index in [-0.39, 0.29) is 16.5 Å². The predicted octanol–water partition coefficient (Wildman–Crippen LogP) is 4.88. The van der Waals surface area contributed by atoms with E-state index in [0.29, 0.717) is 66.9 Å². The van der Waals surface area contributed by atoms with E-state index in [9.17, 15) is 14.9 Å². The number of carbonyl (C=O) groups excluding carboxylic acids is 1. The number of hydrogen-bond acceptors (Lipinski definition) is 7. The summed E-state index contributed by atoms with van der Waals surface area (Å²) in [4.78, 5) is 28.0. The third-order valence-electron chi connectivity index (χ3n) is 6.39. The molecular formula is C27H29ClN4O5. The number of nitro benzene ring substituents is 1. The van der Waals surface area contributed by atoms with E-state index in [4.69, 9.17) is 21.1 Å². The van der Waals surface area contributed by atoms with Gasteiger partial charge < -0.3 is 24.6 Å². The van der Waals surface area contributed by atoms with Crippen molar-refractivity contribution in [2.24, 2.45) is 0 Å². The predicted molar refractivity (Wildman–Crippen MR) is 144 cm³/mol. The lowest BCUT2D eigenvalue weighted by Crippen LogP contribution is -2.48. The Morgan fingerprint density at radius 2 is 1.73 bits per heavy atom. The Balaban J connectivity index is 1.41. The van der Waals surface area contributed by atoms with E-state index in [0.717, 1.165) is 11.3 Å². The highest BCUT2D eigenvalue weighted by molar-refractivity contribution is 6.33. The number of nitro groups is 1. The average Bonchev–Trinajstić information content (AvgIpc) is 2.92. The van der Waals surface area contributed by atoms with Crippen LogP contribution in [-0.4, -0.2) is 62.7 Å². The summed E-state index contributed by atoms with van der Waals surface area (Å²) in [6.07, 6.45) is 0.643. The van der Waals surface area contributed by atoms with Gasteiger partial charge in [0.2, 0.25) is 0 Å². The number of hydrogen-bond donors (Lipinski definition) is 1. The summed E-state index contributed by atoms with van der Waals surface area (Å²) in [5, 5.41) is 15.3. The number of nitrogens with one attached hydrogen (secondary N) is 1. The molecule has 0 saturated carbocycles.